The molecule has 3 amide bonds. The third-order valence-corrected chi connectivity index (χ3v) is 4.17. The van der Waals surface area contributed by atoms with Gasteiger partial charge in [0.2, 0.25) is 0 Å². The van der Waals surface area contributed by atoms with Gasteiger partial charge in [0.15, 0.2) is 0 Å². The topological polar surface area (TPSA) is 79.5 Å². The van der Waals surface area contributed by atoms with Crippen molar-refractivity contribution in [3.8, 4) is 5.75 Å². The number of urea groups is 1. The standard InChI is InChI=1S/C20H20FN3O3/c1-3-27-16-11-7-6-10-15(16)23-19(25)17-12(2)22-20(26)24-18(17)13-8-4-5-9-14(13)21/h4-11,18H,3H2,1-2H3,(H,23,25)(H2,22,24,26)/t18-/m0/s1. The van der Waals surface area contributed by atoms with E-state index in [0.29, 0.717) is 23.7 Å². The van der Waals surface area contributed by atoms with Gasteiger partial charge in [-0.15, -0.1) is 0 Å². The smallest absolute Gasteiger partial charge is 0.319 e. The maximum atomic E-state index is 14.3. The Morgan fingerprint density at radius 2 is 1.89 bits per heavy atom. The van der Waals surface area contributed by atoms with Crippen LogP contribution in [0.15, 0.2) is 59.8 Å². The summed E-state index contributed by atoms with van der Waals surface area (Å²) in [6.45, 7) is 3.90. The summed E-state index contributed by atoms with van der Waals surface area (Å²) < 4.78 is 19.8. The van der Waals surface area contributed by atoms with Crippen molar-refractivity contribution in [1.82, 2.24) is 10.6 Å². The second-order valence-electron chi connectivity index (χ2n) is 5.97. The summed E-state index contributed by atoms with van der Waals surface area (Å²) in [6, 6.07) is 11.7. The van der Waals surface area contributed by atoms with E-state index in [-0.39, 0.29) is 11.1 Å². The molecule has 0 bridgehead atoms. The molecule has 0 saturated heterocycles. The minimum absolute atomic E-state index is 0.218. The van der Waals surface area contributed by atoms with Gasteiger partial charge in [-0.05, 0) is 32.0 Å². The molecule has 1 atom stereocenters. The molecule has 0 unspecified atom stereocenters. The number of halogens is 1. The number of hydrogen-bond acceptors (Lipinski definition) is 3. The molecule has 1 aliphatic heterocycles. The summed E-state index contributed by atoms with van der Waals surface area (Å²) in [5, 5.41) is 7.98. The van der Waals surface area contributed by atoms with Gasteiger partial charge in [0, 0.05) is 11.3 Å². The van der Waals surface area contributed by atoms with E-state index < -0.39 is 23.8 Å². The number of hydrogen-bond donors (Lipinski definition) is 3. The van der Waals surface area contributed by atoms with Crippen LogP contribution in [-0.4, -0.2) is 18.5 Å². The lowest BCUT2D eigenvalue weighted by molar-refractivity contribution is -0.113. The third-order valence-electron chi connectivity index (χ3n) is 4.17. The summed E-state index contributed by atoms with van der Waals surface area (Å²) in [7, 11) is 0. The van der Waals surface area contributed by atoms with Gasteiger partial charge < -0.3 is 20.7 Å². The second-order valence-corrected chi connectivity index (χ2v) is 5.97. The van der Waals surface area contributed by atoms with Crippen molar-refractivity contribution in [3.63, 3.8) is 0 Å². The largest absolute Gasteiger partial charge is 0.492 e. The van der Waals surface area contributed by atoms with E-state index in [0.717, 1.165) is 0 Å². The van der Waals surface area contributed by atoms with Gasteiger partial charge in [-0.2, -0.15) is 0 Å². The van der Waals surface area contributed by atoms with Gasteiger partial charge in [0.05, 0.1) is 23.9 Å². The Morgan fingerprint density at radius 1 is 1.19 bits per heavy atom. The van der Waals surface area contributed by atoms with Gasteiger partial charge in [-0.3, -0.25) is 4.79 Å². The average molecular weight is 369 g/mol. The molecule has 0 aromatic heterocycles. The van der Waals surface area contributed by atoms with E-state index >= 15 is 0 Å². The number of carbonyl (C=O) groups excluding carboxylic acids is 2. The van der Waals surface area contributed by atoms with Crippen LogP contribution < -0.4 is 20.7 Å². The van der Waals surface area contributed by atoms with Crippen LogP contribution in [0.5, 0.6) is 5.75 Å². The summed E-state index contributed by atoms with van der Waals surface area (Å²) in [5.74, 6) is -0.431. The lowest BCUT2D eigenvalue weighted by Gasteiger charge is -2.29. The summed E-state index contributed by atoms with van der Waals surface area (Å²) in [5.41, 5.74) is 1.30. The summed E-state index contributed by atoms with van der Waals surface area (Å²) in [4.78, 5) is 24.9. The first-order valence-electron chi connectivity index (χ1n) is 8.57. The molecule has 1 heterocycles. The summed E-state index contributed by atoms with van der Waals surface area (Å²) >= 11 is 0. The zero-order valence-electron chi connectivity index (χ0n) is 15.0. The molecule has 7 heteroatoms. The first-order chi connectivity index (χ1) is 13.0. The van der Waals surface area contributed by atoms with Gasteiger partial charge in [0.25, 0.3) is 5.91 Å². The Morgan fingerprint density at radius 3 is 2.63 bits per heavy atom. The Bertz CT molecular complexity index is 911. The fourth-order valence-corrected chi connectivity index (χ4v) is 2.98. The van der Waals surface area contributed by atoms with Crippen molar-refractivity contribution in [2.24, 2.45) is 0 Å². The third kappa shape index (κ3) is 3.92. The van der Waals surface area contributed by atoms with E-state index in [9.17, 15) is 14.0 Å². The number of allylic oxidation sites excluding steroid dienone is 1. The fraction of sp³-hybridized carbons (Fsp3) is 0.200. The molecule has 0 fully saturated rings. The van der Waals surface area contributed by atoms with Crippen LogP contribution in [0.4, 0.5) is 14.9 Å². The molecular weight excluding hydrogens is 349 g/mol. The Kier molecular flexibility index (Phi) is 5.40. The van der Waals surface area contributed by atoms with Crippen molar-refractivity contribution in [2.45, 2.75) is 19.9 Å². The highest BCUT2D eigenvalue weighted by molar-refractivity contribution is 6.07. The summed E-state index contributed by atoms with van der Waals surface area (Å²) in [6.07, 6.45) is 0. The SMILES string of the molecule is CCOc1ccccc1NC(=O)C1=C(C)NC(=O)N[C@H]1c1ccccc1F. The predicted octanol–water partition coefficient (Wildman–Crippen LogP) is 3.49. The molecule has 2 aromatic rings. The number of nitrogens with one attached hydrogen (secondary N) is 3. The molecule has 27 heavy (non-hydrogen) atoms. The average Bonchev–Trinajstić information content (AvgIpc) is 2.63. The van der Waals surface area contributed by atoms with E-state index in [1.54, 1.807) is 49.4 Å². The highest BCUT2D eigenvalue weighted by atomic mass is 19.1. The number of rotatable bonds is 5. The van der Waals surface area contributed by atoms with Crippen LogP contribution in [0.3, 0.4) is 0 Å². The molecule has 3 N–H and O–H groups in total. The minimum atomic E-state index is -0.904. The molecular formula is C20H20FN3O3. The number of carbonyl (C=O) groups is 2. The first kappa shape index (κ1) is 18.4. The second kappa shape index (κ2) is 7.90. The fourth-order valence-electron chi connectivity index (χ4n) is 2.98. The maximum absolute atomic E-state index is 14.3. The first-order valence-corrected chi connectivity index (χ1v) is 8.57. The van der Waals surface area contributed by atoms with Crippen LogP contribution in [0.1, 0.15) is 25.5 Å². The highest BCUT2D eigenvalue weighted by Gasteiger charge is 2.32. The Labute approximate surface area is 156 Å². The van der Waals surface area contributed by atoms with Crippen LogP contribution >= 0.6 is 0 Å². The van der Waals surface area contributed by atoms with Gasteiger partial charge in [-0.1, -0.05) is 30.3 Å². The van der Waals surface area contributed by atoms with E-state index in [1.165, 1.54) is 6.07 Å². The Hall–Kier alpha value is -3.35. The lowest BCUT2D eigenvalue weighted by Crippen LogP contribution is -2.46. The van der Waals surface area contributed by atoms with Gasteiger partial charge in [0.1, 0.15) is 11.6 Å². The molecule has 0 saturated carbocycles. The highest BCUT2D eigenvalue weighted by Crippen LogP contribution is 2.31. The zero-order valence-corrected chi connectivity index (χ0v) is 15.0. The number of benzene rings is 2. The minimum Gasteiger partial charge on any atom is -0.492 e. The molecule has 3 rings (SSSR count). The predicted molar refractivity (Wildman–Crippen MR) is 99.7 cm³/mol. The maximum Gasteiger partial charge on any atom is 0.319 e. The number of amides is 3. The van der Waals surface area contributed by atoms with Crippen LogP contribution in [0.2, 0.25) is 0 Å². The molecule has 1 aliphatic rings. The van der Waals surface area contributed by atoms with Crippen LogP contribution in [0.25, 0.3) is 0 Å². The molecule has 2 aromatic carbocycles. The van der Waals surface area contributed by atoms with Crippen molar-refractivity contribution in [2.75, 3.05) is 11.9 Å². The van der Waals surface area contributed by atoms with Crippen molar-refractivity contribution in [3.05, 3.63) is 71.2 Å². The number of para-hydroxylation sites is 2. The quantitative estimate of drug-likeness (QED) is 0.755. The molecule has 0 radical (unpaired) electrons. The molecule has 0 spiro atoms. The number of ether oxygens (including phenoxy) is 1. The van der Waals surface area contributed by atoms with Crippen molar-refractivity contribution >= 4 is 17.6 Å². The number of anilines is 1. The lowest BCUT2D eigenvalue weighted by atomic mass is 9.94. The van der Waals surface area contributed by atoms with E-state index in [4.69, 9.17) is 4.74 Å². The van der Waals surface area contributed by atoms with Gasteiger partial charge >= 0.3 is 6.03 Å². The van der Waals surface area contributed by atoms with Crippen LogP contribution in [-0.2, 0) is 4.79 Å². The monoisotopic (exact) mass is 369 g/mol. The Balaban J connectivity index is 1.97. The van der Waals surface area contributed by atoms with Crippen molar-refractivity contribution < 1.29 is 18.7 Å². The van der Waals surface area contributed by atoms with E-state index in [2.05, 4.69) is 16.0 Å². The molecule has 140 valence electrons. The molecule has 0 aliphatic carbocycles. The zero-order chi connectivity index (χ0) is 19.4. The van der Waals surface area contributed by atoms with E-state index in [1.807, 2.05) is 6.92 Å². The van der Waals surface area contributed by atoms with Crippen LogP contribution in [0, 0.1) is 5.82 Å². The normalized spacial score (nSPS) is 16.4. The molecule has 6 nitrogen and oxygen atoms in total. The van der Waals surface area contributed by atoms with Crippen molar-refractivity contribution in [1.29, 1.82) is 0 Å². The van der Waals surface area contributed by atoms with Gasteiger partial charge in [-0.25, -0.2) is 9.18 Å².